The first-order valence-electron chi connectivity index (χ1n) is 7.00. The number of rotatable bonds is 1. The number of carbonyl (C=O) groups excluding carboxylic acids is 2. The maximum Gasteiger partial charge on any atom is 0.411 e. The Morgan fingerprint density at radius 2 is 1.85 bits per heavy atom. The molecule has 2 rings (SSSR count). The minimum absolute atomic E-state index is 0.0256. The lowest BCUT2D eigenvalue weighted by molar-refractivity contribution is -0.147. The number of amides is 1. The zero-order valence-corrected chi connectivity index (χ0v) is 12.9. The van der Waals surface area contributed by atoms with Gasteiger partial charge in [-0.1, -0.05) is 0 Å². The maximum atomic E-state index is 12.4. The molecule has 0 N–H and O–H groups in total. The van der Waals surface area contributed by atoms with E-state index >= 15 is 0 Å². The van der Waals surface area contributed by atoms with Crippen molar-refractivity contribution < 1.29 is 19.1 Å². The molecule has 2 heterocycles. The molecule has 0 aromatic carbocycles. The molecule has 6 heteroatoms. The summed E-state index contributed by atoms with van der Waals surface area (Å²) < 4.78 is 10.3. The summed E-state index contributed by atoms with van der Waals surface area (Å²) in [6.07, 6.45) is 0.416. The highest BCUT2D eigenvalue weighted by Gasteiger charge is 2.52. The van der Waals surface area contributed by atoms with E-state index in [1.807, 2.05) is 27.8 Å². The lowest BCUT2D eigenvalue weighted by Gasteiger charge is -2.31. The molecule has 3 atom stereocenters. The van der Waals surface area contributed by atoms with E-state index < -0.39 is 17.7 Å². The number of ether oxygens (including phenoxy) is 2. The number of fused-ring (bicyclic) bond motifs is 2. The molecular formula is C14H24N2O4. The summed E-state index contributed by atoms with van der Waals surface area (Å²) in [6, 6.07) is -0.498. The first-order valence-corrected chi connectivity index (χ1v) is 7.00. The fourth-order valence-corrected chi connectivity index (χ4v) is 3.22. The number of likely N-dealkylation sites (N-methyl/N-ethyl adjacent to an activating group) is 1. The highest BCUT2D eigenvalue weighted by Crippen LogP contribution is 2.36. The number of likely N-dealkylation sites (tertiary alicyclic amines) is 2. The summed E-state index contributed by atoms with van der Waals surface area (Å²) in [5, 5.41) is 0. The quantitative estimate of drug-likeness (QED) is 0.675. The van der Waals surface area contributed by atoms with Crippen LogP contribution in [0.1, 0.15) is 27.2 Å². The van der Waals surface area contributed by atoms with E-state index in [1.165, 1.54) is 7.11 Å². The van der Waals surface area contributed by atoms with Crippen molar-refractivity contribution in [3.8, 4) is 0 Å². The zero-order chi connectivity index (χ0) is 15.1. The largest absolute Gasteiger partial charge is 0.467 e. The molecule has 20 heavy (non-hydrogen) atoms. The number of hydrogen-bond acceptors (Lipinski definition) is 5. The Balaban J connectivity index is 2.23. The van der Waals surface area contributed by atoms with Crippen molar-refractivity contribution in [1.82, 2.24) is 9.80 Å². The Morgan fingerprint density at radius 1 is 1.20 bits per heavy atom. The Kier molecular flexibility index (Phi) is 3.95. The molecule has 2 aliphatic heterocycles. The van der Waals surface area contributed by atoms with Gasteiger partial charge in [0.15, 0.2) is 0 Å². The van der Waals surface area contributed by atoms with Crippen molar-refractivity contribution in [1.29, 1.82) is 0 Å². The van der Waals surface area contributed by atoms with E-state index in [0.717, 1.165) is 19.5 Å². The van der Waals surface area contributed by atoms with Gasteiger partial charge < -0.3 is 14.4 Å². The summed E-state index contributed by atoms with van der Waals surface area (Å²) in [6.45, 7) is 7.05. The van der Waals surface area contributed by atoms with E-state index in [1.54, 1.807) is 4.90 Å². The van der Waals surface area contributed by atoms with E-state index in [0.29, 0.717) is 0 Å². The molecule has 1 amide bonds. The van der Waals surface area contributed by atoms with Gasteiger partial charge in [-0.25, -0.2) is 9.59 Å². The van der Waals surface area contributed by atoms with E-state index in [-0.39, 0.29) is 17.9 Å². The Bertz CT molecular complexity index is 404. The first kappa shape index (κ1) is 15.1. The summed E-state index contributed by atoms with van der Waals surface area (Å²) in [5.74, 6) is -0.225. The zero-order valence-electron chi connectivity index (χ0n) is 12.9. The van der Waals surface area contributed by atoms with Crippen LogP contribution in [-0.2, 0) is 14.3 Å². The van der Waals surface area contributed by atoms with Gasteiger partial charge in [-0.15, -0.1) is 0 Å². The van der Waals surface area contributed by atoms with Gasteiger partial charge in [-0.2, -0.15) is 0 Å². The molecule has 0 aromatic rings. The van der Waals surface area contributed by atoms with Crippen LogP contribution >= 0.6 is 0 Å². The van der Waals surface area contributed by atoms with Gasteiger partial charge in [0.1, 0.15) is 11.6 Å². The smallest absolute Gasteiger partial charge is 0.411 e. The summed E-state index contributed by atoms with van der Waals surface area (Å²) >= 11 is 0. The van der Waals surface area contributed by atoms with Crippen molar-refractivity contribution in [3.63, 3.8) is 0 Å². The van der Waals surface area contributed by atoms with Crippen LogP contribution in [0.4, 0.5) is 4.79 Å². The molecule has 0 spiro atoms. The standard InChI is InChI=1S/C14H24N2O4/c1-14(2,3)20-13(18)16-10-6-9(7-15(4)8-10)11(16)12(17)19-5/h9-11H,6-8H2,1-5H3/t9-,10+,11+/m0/s1. The molecule has 114 valence electrons. The molecular weight excluding hydrogens is 260 g/mol. The number of methoxy groups -OCH3 is 1. The van der Waals surface area contributed by atoms with Gasteiger partial charge in [0.2, 0.25) is 0 Å². The fourth-order valence-electron chi connectivity index (χ4n) is 3.22. The maximum absolute atomic E-state index is 12.4. The summed E-state index contributed by atoms with van der Waals surface area (Å²) in [7, 11) is 3.37. The molecule has 2 aliphatic rings. The van der Waals surface area contributed by atoms with Gasteiger partial charge in [-0.3, -0.25) is 4.90 Å². The number of nitrogens with zero attached hydrogens (tertiary/aromatic N) is 2. The fraction of sp³-hybridized carbons (Fsp3) is 0.857. The number of esters is 1. The van der Waals surface area contributed by atoms with E-state index in [4.69, 9.17) is 9.47 Å². The molecule has 0 radical (unpaired) electrons. The van der Waals surface area contributed by atoms with Gasteiger partial charge in [0, 0.05) is 25.0 Å². The van der Waals surface area contributed by atoms with Crippen LogP contribution in [0, 0.1) is 5.92 Å². The second kappa shape index (κ2) is 5.24. The molecule has 0 unspecified atom stereocenters. The average Bonchev–Trinajstić information content (AvgIpc) is 2.57. The van der Waals surface area contributed by atoms with Crippen LogP contribution in [0.15, 0.2) is 0 Å². The van der Waals surface area contributed by atoms with Crippen molar-refractivity contribution in [2.24, 2.45) is 5.92 Å². The molecule has 2 fully saturated rings. The normalized spacial score (nSPS) is 30.2. The van der Waals surface area contributed by atoms with Crippen molar-refractivity contribution in [2.45, 2.75) is 44.9 Å². The molecule has 0 saturated carbocycles. The van der Waals surface area contributed by atoms with Crippen LogP contribution < -0.4 is 0 Å². The van der Waals surface area contributed by atoms with Gasteiger partial charge in [0.25, 0.3) is 0 Å². The topological polar surface area (TPSA) is 59.1 Å². The van der Waals surface area contributed by atoms with Crippen LogP contribution in [0.2, 0.25) is 0 Å². The Labute approximate surface area is 120 Å². The second-order valence-corrected chi connectivity index (χ2v) is 6.73. The minimum Gasteiger partial charge on any atom is -0.467 e. The number of carbonyl (C=O) groups is 2. The van der Waals surface area contributed by atoms with Crippen LogP contribution in [0.5, 0.6) is 0 Å². The Morgan fingerprint density at radius 3 is 2.40 bits per heavy atom. The highest BCUT2D eigenvalue weighted by molar-refractivity contribution is 5.83. The predicted octanol–water partition coefficient (Wildman–Crippen LogP) is 1.10. The molecule has 0 aromatic heterocycles. The van der Waals surface area contributed by atoms with Crippen LogP contribution in [-0.4, -0.2) is 66.8 Å². The van der Waals surface area contributed by atoms with Crippen molar-refractivity contribution >= 4 is 12.1 Å². The van der Waals surface area contributed by atoms with Gasteiger partial charge in [0.05, 0.1) is 7.11 Å². The second-order valence-electron chi connectivity index (χ2n) is 6.73. The number of hydrogen-bond donors (Lipinski definition) is 0. The highest BCUT2D eigenvalue weighted by atomic mass is 16.6. The molecule has 0 aliphatic carbocycles. The SMILES string of the molecule is COC(=O)[C@H]1[C@H]2C[C@H](CN(C)C2)N1C(=O)OC(C)(C)C. The van der Waals surface area contributed by atoms with Crippen molar-refractivity contribution in [2.75, 3.05) is 27.2 Å². The summed E-state index contributed by atoms with van der Waals surface area (Å²) in [5.41, 5.74) is -0.569. The third kappa shape index (κ3) is 2.90. The third-order valence-electron chi connectivity index (χ3n) is 3.83. The summed E-state index contributed by atoms with van der Waals surface area (Å²) in [4.78, 5) is 28.2. The van der Waals surface area contributed by atoms with E-state index in [2.05, 4.69) is 4.90 Å². The first-order chi connectivity index (χ1) is 9.23. The number of piperidine rings is 1. The molecule has 2 bridgehead atoms. The average molecular weight is 284 g/mol. The van der Waals surface area contributed by atoms with Crippen LogP contribution in [0.3, 0.4) is 0 Å². The Hall–Kier alpha value is -1.30. The van der Waals surface area contributed by atoms with Gasteiger partial charge in [-0.05, 0) is 34.2 Å². The third-order valence-corrected chi connectivity index (χ3v) is 3.83. The monoisotopic (exact) mass is 284 g/mol. The van der Waals surface area contributed by atoms with E-state index in [9.17, 15) is 9.59 Å². The van der Waals surface area contributed by atoms with Crippen molar-refractivity contribution in [3.05, 3.63) is 0 Å². The van der Waals surface area contributed by atoms with Crippen LogP contribution in [0.25, 0.3) is 0 Å². The predicted molar refractivity (Wildman–Crippen MR) is 73.3 cm³/mol. The minimum atomic E-state index is -0.569. The van der Waals surface area contributed by atoms with Gasteiger partial charge >= 0.3 is 12.1 Å². The lowest BCUT2D eigenvalue weighted by Crippen LogP contribution is -2.49. The molecule has 6 nitrogen and oxygen atoms in total. The molecule has 2 saturated heterocycles. The lowest BCUT2D eigenvalue weighted by atomic mass is 9.95.